The molecule has 0 unspecified atom stereocenters. The molecule has 0 amide bonds. The van der Waals surface area contributed by atoms with Crippen molar-refractivity contribution in [2.45, 2.75) is 19.4 Å². The maximum atomic E-state index is 9.16. The standard InChI is InChI=1S/C16H17N3O/c1-19-8-6-16-14(10-19)12(5-7-17)13-9-11(20-2)3-4-15(13)18-16/h3-4,9H,5-6,8,10H2,1-2H3. The summed E-state index contributed by atoms with van der Waals surface area (Å²) in [5.41, 5.74) is 4.43. The van der Waals surface area contributed by atoms with Crippen LogP contribution in [0.4, 0.5) is 0 Å². The smallest absolute Gasteiger partial charge is 0.119 e. The van der Waals surface area contributed by atoms with Crippen LogP contribution in [0.2, 0.25) is 0 Å². The summed E-state index contributed by atoms with van der Waals surface area (Å²) < 4.78 is 5.30. The van der Waals surface area contributed by atoms with Crippen LogP contribution in [0.15, 0.2) is 18.2 Å². The second-order valence-electron chi connectivity index (χ2n) is 5.22. The van der Waals surface area contributed by atoms with Crippen LogP contribution in [0, 0.1) is 11.3 Å². The van der Waals surface area contributed by atoms with Gasteiger partial charge in [-0.3, -0.25) is 4.98 Å². The number of benzene rings is 1. The van der Waals surface area contributed by atoms with Gasteiger partial charge < -0.3 is 9.64 Å². The first-order chi connectivity index (χ1) is 9.72. The molecule has 2 aromatic rings. The number of ether oxygens (including phenoxy) is 1. The average Bonchev–Trinajstić information content (AvgIpc) is 2.47. The van der Waals surface area contributed by atoms with Gasteiger partial charge in [0.15, 0.2) is 0 Å². The number of nitriles is 1. The molecule has 0 atom stereocenters. The molecular formula is C16H17N3O. The lowest BCUT2D eigenvalue weighted by Crippen LogP contribution is -2.28. The summed E-state index contributed by atoms with van der Waals surface area (Å²) in [5.74, 6) is 0.808. The van der Waals surface area contributed by atoms with Crippen LogP contribution < -0.4 is 4.74 Å². The van der Waals surface area contributed by atoms with E-state index in [0.29, 0.717) is 6.42 Å². The quantitative estimate of drug-likeness (QED) is 0.837. The maximum absolute atomic E-state index is 9.16. The topological polar surface area (TPSA) is 49.1 Å². The highest BCUT2D eigenvalue weighted by molar-refractivity contribution is 5.85. The predicted octanol–water partition coefficient (Wildman–Crippen LogP) is 2.30. The van der Waals surface area contributed by atoms with Crippen molar-refractivity contribution in [3.05, 3.63) is 35.0 Å². The van der Waals surface area contributed by atoms with Crippen molar-refractivity contribution in [1.82, 2.24) is 9.88 Å². The lowest BCUT2D eigenvalue weighted by Gasteiger charge is -2.27. The first-order valence-electron chi connectivity index (χ1n) is 6.77. The fourth-order valence-corrected chi connectivity index (χ4v) is 2.85. The van der Waals surface area contributed by atoms with E-state index < -0.39 is 0 Å². The fourth-order valence-electron chi connectivity index (χ4n) is 2.85. The van der Waals surface area contributed by atoms with E-state index in [0.717, 1.165) is 47.4 Å². The van der Waals surface area contributed by atoms with Gasteiger partial charge in [-0.1, -0.05) is 0 Å². The summed E-state index contributed by atoms with van der Waals surface area (Å²) >= 11 is 0. The van der Waals surface area contributed by atoms with E-state index in [9.17, 15) is 0 Å². The summed E-state index contributed by atoms with van der Waals surface area (Å²) in [7, 11) is 3.76. The van der Waals surface area contributed by atoms with E-state index in [1.54, 1.807) is 7.11 Å². The zero-order valence-corrected chi connectivity index (χ0v) is 11.8. The Labute approximate surface area is 118 Å². The molecule has 1 aromatic heterocycles. The zero-order valence-electron chi connectivity index (χ0n) is 11.8. The van der Waals surface area contributed by atoms with Crippen molar-refractivity contribution >= 4 is 10.9 Å². The maximum Gasteiger partial charge on any atom is 0.119 e. The van der Waals surface area contributed by atoms with Gasteiger partial charge in [-0.2, -0.15) is 5.26 Å². The van der Waals surface area contributed by atoms with Crippen LogP contribution in [0.5, 0.6) is 5.75 Å². The van der Waals surface area contributed by atoms with Crippen LogP contribution in [0.3, 0.4) is 0 Å². The minimum atomic E-state index is 0.419. The summed E-state index contributed by atoms with van der Waals surface area (Å²) in [6, 6.07) is 8.18. The summed E-state index contributed by atoms with van der Waals surface area (Å²) in [4.78, 5) is 7.05. The van der Waals surface area contributed by atoms with Crippen molar-refractivity contribution in [3.63, 3.8) is 0 Å². The van der Waals surface area contributed by atoms with E-state index in [-0.39, 0.29) is 0 Å². The number of methoxy groups -OCH3 is 1. The summed E-state index contributed by atoms with van der Waals surface area (Å²) in [6.07, 6.45) is 1.37. The largest absolute Gasteiger partial charge is 0.497 e. The Hall–Kier alpha value is -2.12. The molecule has 0 bridgehead atoms. The highest BCUT2D eigenvalue weighted by atomic mass is 16.5. The molecule has 0 fully saturated rings. The Morgan fingerprint density at radius 3 is 3.05 bits per heavy atom. The summed E-state index contributed by atoms with van der Waals surface area (Å²) in [6.45, 7) is 1.89. The highest BCUT2D eigenvalue weighted by Crippen LogP contribution is 2.30. The number of nitrogens with zero attached hydrogens (tertiary/aromatic N) is 3. The van der Waals surface area contributed by atoms with Gasteiger partial charge in [0.25, 0.3) is 0 Å². The van der Waals surface area contributed by atoms with Crippen molar-refractivity contribution in [2.24, 2.45) is 0 Å². The number of hydrogen-bond acceptors (Lipinski definition) is 4. The van der Waals surface area contributed by atoms with Gasteiger partial charge >= 0.3 is 0 Å². The molecule has 1 aliphatic rings. The second kappa shape index (κ2) is 5.10. The monoisotopic (exact) mass is 267 g/mol. The van der Waals surface area contributed by atoms with Crippen molar-refractivity contribution < 1.29 is 4.74 Å². The lowest BCUT2D eigenvalue weighted by atomic mass is 9.94. The number of pyridine rings is 1. The van der Waals surface area contributed by atoms with Crippen LogP contribution in [0.25, 0.3) is 10.9 Å². The van der Waals surface area contributed by atoms with Gasteiger partial charge in [0.2, 0.25) is 0 Å². The molecule has 102 valence electrons. The minimum Gasteiger partial charge on any atom is -0.497 e. The molecular weight excluding hydrogens is 250 g/mol. The van der Waals surface area contributed by atoms with E-state index in [1.165, 1.54) is 5.56 Å². The van der Waals surface area contributed by atoms with Gasteiger partial charge in [-0.05, 0) is 36.4 Å². The van der Waals surface area contributed by atoms with Crippen LogP contribution >= 0.6 is 0 Å². The molecule has 1 aromatic carbocycles. The second-order valence-corrected chi connectivity index (χ2v) is 5.22. The fraction of sp³-hybridized carbons (Fsp3) is 0.375. The van der Waals surface area contributed by atoms with E-state index in [4.69, 9.17) is 15.0 Å². The van der Waals surface area contributed by atoms with Crippen molar-refractivity contribution in [3.8, 4) is 11.8 Å². The highest BCUT2D eigenvalue weighted by Gasteiger charge is 2.20. The predicted molar refractivity (Wildman–Crippen MR) is 77.7 cm³/mol. The Morgan fingerprint density at radius 2 is 2.30 bits per heavy atom. The van der Waals surface area contributed by atoms with Gasteiger partial charge in [0.1, 0.15) is 5.75 Å². The number of aromatic nitrogens is 1. The molecule has 4 nitrogen and oxygen atoms in total. The van der Waals surface area contributed by atoms with Crippen LogP contribution in [0.1, 0.15) is 16.8 Å². The normalized spacial score (nSPS) is 14.8. The SMILES string of the molecule is COc1ccc2nc3c(c(CC#N)c2c1)CN(C)CC3. The number of likely N-dealkylation sites (N-methyl/N-ethyl adjacent to an activating group) is 1. The molecule has 2 heterocycles. The molecule has 0 saturated heterocycles. The molecule has 0 N–H and O–H groups in total. The number of fused-ring (bicyclic) bond motifs is 2. The molecule has 0 spiro atoms. The Morgan fingerprint density at radius 1 is 1.45 bits per heavy atom. The third-order valence-corrected chi connectivity index (χ3v) is 3.91. The van der Waals surface area contributed by atoms with Gasteiger partial charge in [-0.25, -0.2) is 0 Å². The Kier molecular flexibility index (Phi) is 3.29. The minimum absolute atomic E-state index is 0.419. The molecule has 0 aliphatic carbocycles. The van der Waals surface area contributed by atoms with Crippen LogP contribution in [-0.2, 0) is 19.4 Å². The Bertz CT molecular complexity index is 703. The molecule has 0 radical (unpaired) electrons. The van der Waals surface area contributed by atoms with Crippen molar-refractivity contribution in [1.29, 1.82) is 5.26 Å². The molecule has 4 heteroatoms. The molecule has 20 heavy (non-hydrogen) atoms. The first kappa shape index (κ1) is 12.9. The number of hydrogen-bond donors (Lipinski definition) is 0. The van der Waals surface area contributed by atoms with Gasteiger partial charge in [0, 0.05) is 30.6 Å². The van der Waals surface area contributed by atoms with Gasteiger partial charge in [-0.15, -0.1) is 0 Å². The van der Waals surface area contributed by atoms with Crippen molar-refractivity contribution in [2.75, 3.05) is 20.7 Å². The molecule has 1 aliphatic heterocycles. The van der Waals surface area contributed by atoms with Crippen LogP contribution in [-0.4, -0.2) is 30.6 Å². The van der Waals surface area contributed by atoms with E-state index in [2.05, 4.69) is 18.0 Å². The first-order valence-corrected chi connectivity index (χ1v) is 6.77. The molecule has 3 rings (SSSR count). The Balaban J connectivity index is 2.28. The third-order valence-electron chi connectivity index (χ3n) is 3.91. The number of rotatable bonds is 2. The average molecular weight is 267 g/mol. The summed E-state index contributed by atoms with van der Waals surface area (Å²) in [5, 5.41) is 10.2. The third kappa shape index (κ3) is 2.10. The van der Waals surface area contributed by atoms with Gasteiger partial charge in [0.05, 0.1) is 25.1 Å². The van der Waals surface area contributed by atoms with E-state index >= 15 is 0 Å². The molecule has 0 saturated carbocycles. The van der Waals surface area contributed by atoms with E-state index in [1.807, 2.05) is 18.2 Å². The zero-order chi connectivity index (χ0) is 14.1. The lowest BCUT2D eigenvalue weighted by molar-refractivity contribution is 0.309.